The van der Waals surface area contributed by atoms with Crippen LogP contribution in [-0.4, -0.2) is 25.8 Å². The highest BCUT2D eigenvalue weighted by Crippen LogP contribution is 2.26. The molecule has 0 radical (unpaired) electrons. The summed E-state index contributed by atoms with van der Waals surface area (Å²) in [5.41, 5.74) is 5.09. The van der Waals surface area contributed by atoms with Crippen molar-refractivity contribution in [2.24, 2.45) is 0 Å². The summed E-state index contributed by atoms with van der Waals surface area (Å²) in [6.07, 6.45) is 2.62. The van der Waals surface area contributed by atoms with Gasteiger partial charge in [-0.3, -0.25) is 4.72 Å². The largest absolute Gasteiger partial charge is 0.396 e. The first-order chi connectivity index (χ1) is 9.45. The molecule has 0 aromatic heterocycles. The number of anilines is 2. The second-order valence-corrected chi connectivity index (χ2v) is 6.23. The smallest absolute Gasteiger partial charge is 0.301 e. The molecule has 0 bridgehead atoms. The number of nitrogen functional groups attached to an aromatic ring is 1. The topological polar surface area (TPSA) is 99.2 Å². The van der Waals surface area contributed by atoms with Gasteiger partial charge >= 0.3 is 10.2 Å². The SMILES string of the molecule is N#Cc1c(F)ccc(NS(=O)(=O)N2CCCCC2)c1N. The van der Waals surface area contributed by atoms with Gasteiger partial charge in [0.05, 0.1) is 11.4 Å². The molecule has 1 aromatic rings. The minimum Gasteiger partial charge on any atom is -0.396 e. The van der Waals surface area contributed by atoms with E-state index in [1.54, 1.807) is 6.07 Å². The Bertz CT molecular complexity index is 648. The number of rotatable bonds is 3. The highest BCUT2D eigenvalue weighted by atomic mass is 32.2. The van der Waals surface area contributed by atoms with E-state index >= 15 is 0 Å². The van der Waals surface area contributed by atoms with Crippen molar-refractivity contribution >= 4 is 21.6 Å². The lowest BCUT2D eigenvalue weighted by molar-refractivity contribution is 0.349. The number of hydrogen-bond donors (Lipinski definition) is 2. The van der Waals surface area contributed by atoms with Crippen LogP contribution in [0.5, 0.6) is 0 Å². The Balaban J connectivity index is 2.28. The van der Waals surface area contributed by atoms with Crippen LogP contribution in [0.4, 0.5) is 15.8 Å². The number of nitrogens with two attached hydrogens (primary N) is 1. The number of nitrogens with zero attached hydrogens (tertiary/aromatic N) is 2. The van der Waals surface area contributed by atoms with Gasteiger partial charge in [-0.25, -0.2) is 4.39 Å². The highest BCUT2D eigenvalue weighted by molar-refractivity contribution is 7.90. The number of halogens is 1. The lowest BCUT2D eigenvalue weighted by Gasteiger charge is -2.26. The second-order valence-electron chi connectivity index (χ2n) is 4.56. The molecule has 6 nitrogen and oxygen atoms in total. The van der Waals surface area contributed by atoms with E-state index in [-0.39, 0.29) is 16.9 Å². The van der Waals surface area contributed by atoms with Gasteiger partial charge in [0.25, 0.3) is 0 Å². The summed E-state index contributed by atoms with van der Waals surface area (Å²) in [5.74, 6) is -0.772. The standard InChI is InChI=1S/C12H15FN4O2S/c13-10-4-5-11(12(15)9(10)8-14)16-20(18,19)17-6-2-1-3-7-17/h4-5,16H,1-3,6-7,15H2. The van der Waals surface area contributed by atoms with Crippen molar-refractivity contribution < 1.29 is 12.8 Å². The number of benzene rings is 1. The summed E-state index contributed by atoms with van der Waals surface area (Å²) in [6, 6.07) is 3.85. The summed E-state index contributed by atoms with van der Waals surface area (Å²) in [6.45, 7) is 0.892. The maximum Gasteiger partial charge on any atom is 0.301 e. The molecular formula is C12H15FN4O2S. The highest BCUT2D eigenvalue weighted by Gasteiger charge is 2.25. The number of hydrogen-bond acceptors (Lipinski definition) is 4. The molecule has 2 rings (SSSR count). The molecule has 1 aliphatic heterocycles. The third-order valence-electron chi connectivity index (χ3n) is 3.20. The van der Waals surface area contributed by atoms with E-state index in [9.17, 15) is 12.8 Å². The molecule has 1 heterocycles. The molecule has 0 unspecified atom stereocenters. The van der Waals surface area contributed by atoms with E-state index < -0.39 is 16.0 Å². The van der Waals surface area contributed by atoms with E-state index in [0.717, 1.165) is 25.3 Å². The zero-order valence-electron chi connectivity index (χ0n) is 10.8. The van der Waals surface area contributed by atoms with Gasteiger partial charge in [0.1, 0.15) is 17.4 Å². The maximum atomic E-state index is 13.3. The van der Waals surface area contributed by atoms with E-state index in [1.165, 1.54) is 10.4 Å². The van der Waals surface area contributed by atoms with Crippen molar-refractivity contribution in [1.82, 2.24) is 4.31 Å². The first kappa shape index (κ1) is 14.6. The van der Waals surface area contributed by atoms with Crippen LogP contribution in [0.15, 0.2) is 12.1 Å². The lowest BCUT2D eigenvalue weighted by Crippen LogP contribution is -2.39. The third-order valence-corrected chi connectivity index (χ3v) is 4.72. The summed E-state index contributed by atoms with van der Waals surface area (Å²) < 4.78 is 41.3. The Hall–Kier alpha value is -1.85. The molecule has 0 aliphatic carbocycles. The minimum atomic E-state index is -3.73. The number of nitriles is 1. The van der Waals surface area contributed by atoms with Crippen LogP contribution >= 0.6 is 0 Å². The van der Waals surface area contributed by atoms with Gasteiger partial charge < -0.3 is 5.73 Å². The molecule has 1 saturated heterocycles. The molecule has 1 aliphatic rings. The lowest BCUT2D eigenvalue weighted by atomic mass is 10.1. The second kappa shape index (κ2) is 5.64. The van der Waals surface area contributed by atoms with E-state index in [2.05, 4.69) is 4.72 Å². The maximum absolute atomic E-state index is 13.3. The van der Waals surface area contributed by atoms with Gasteiger partial charge in [-0.05, 0) is 25.0 Å². The first-order valence-corrected chi connectivity index (χ1v) is 7.65. The summed E-state index contributed by atoms with van der Waals surface area (Å²) in [7, 11) is -3.73. The van der Waals surface area contributed by atoms with E-state index in [4.69, 9.17) is 11.0 Å². The molecule has 0 amide bonds. The molecule has 8 heteroatoms. The van der Waals surface area contributed by atoms with Crippen LogP contribution in [0, 0.1) is 17.1 Å². The summed E-state index contributed by atoms with van der Waals surface area (Å²) >= 11 is 0. The van der Waals surface area contributed by atoms with Gasteiger partial charge in [0.15, 0.2) is 0 Å². The Labute approximate surface area is 117 Å². The quantitative estimate of drug-likeness (QED) is 0.824. The van der Waals surface area contributed by atoms with Crippen molar-refractivity contribution in [3.8, 4) is 6.07 Å². The molecule has 1 fully saturated rings. The minimum absolute atomic E-state index is 0.0218. The predicted octanol–water partition coefficient (Wildman–Crippen LogP) is 1.42. The fourth-order valence-electron chi connectivity index (χ4n) is 2.10. The van der Waals surface area contributed by atoms with Crippen LogP contribution in [0.25, 0.3) is 0 Å². The van der Waals surface area contributed by atoms with Crippen LogP contribution in [0.1, 0.15) is 24.8 Å². The molecule has 1 aromatic carbocycles. The fourth-order valence-corrected chi connectivity index (χ4v) is 3.43. The summed E-state index contributed by atoms with van der Waals surface area (Å²) in [5, 5.41) is 8.81. The van der Waals surface area contributed by atoms with Gasteiger partial charge in [0.2, 0.25) is 0 Å². The van der Waals surface area contributed by atoms with E-state index in [0.29, 0.717) is 13.1 Å². The normalized spacial score (nSPS) is 16.6. The molecule has 3 N–H and O–H groups in total. The molecule has 0 spiro atoms. The van der Waals surface area contributed by atoms with Gasteiger partial charge in [-0.2, -0.15) is 18.0 Å². The molecule has 20 heavy (non-hydrogen) atoms. The van der Waals surface area contributed by atoms with Crippen LogP contribution in [0.3, 0.4) is 0 Å². The average molecular weight is 298 g/mol. The molecule has 108 valence electrons. The van der Waals surface area contributed by atoms with Crippen LogP contribution < -0.4 is 10.5 Å². The van der Waals surface area contributed by atoms with Gasteiger partial charge in [-0.1, -0.05) is 6.42 Å². The first-order valence-electron chi connectivity index (χ1n) is 6.21. The fraction of sp³-hybridized carbons (Fsp3) is 0.417. The number of piperidine rings is 1. The molecule has 0 saturated carbocycles. The average Bonchev–Trinajstić information content (AvgIpc) is 2.44. The Morgan fingerprint density at radius 1 is 1.30 bits per heavy atom. The van der Waals surface area contributed by atoms with Crippen molar-refractivity contribution in [2.75, 3.05) is 23.5 Å². The number of nitrogens with one attached hydrogen (secondary N) is 1. The Kier molecular flexibility index (Phi) is 4.11. The zero-order valence-corrected chi connectivity index (χ0v) is 11.6. The van der Waals surface area contributed by atoms with Crippen LogP contribution in [-0.2, 0) is 10.2 Å². The predicted molar refractivity (Wildman–Crippen MR) is 73.5 cm³/mol. The van der Waals surface area contributed by atoms with Crippen molar-refractivity contribution in [3.63, 3.8) is 0 Å². The molecular weight excluding hydrogens is 283 g/mol. The van der Waals surface area contributed by atoms with Crippen molar-refractivity contribution in [3.05, 3.63) is 23.5 Å². The summed E-state index contributed by atoms with van der Waals surface area (Å²) in [4.78, 5) is 0. The van der Waals surface area contributed by atoms with E-state index in [1.807, 2.05) is 0 Å². The van der Waals surface area contributed by atoms with Gasteiger partial charge in [0, 0.05) is 13.1 Å². The van der Waals surface area contributed by atoms with Crippen molar-refractivity contribution in [1.29, 1.82) is 5.26 Å². The van der Waals surface area contributed by atoms with Crippen molar-refractivity contribution in [2.45, 2.75) is 19.3 Å². The third kappa shape index (κ3) is 2.84. The van der Waals surface area contributed by atoms with Crippen LogP contribution in [0.2, 0.25) is 0 Å². The molecule has 0 atom stereocenters. The Morgan fingerprint density at radius 2 is 1.95 bits per heavy atom. The van der Waals surface area contributed by atoms with Gasteiger partial charge in [-0.15, -0.1) is 0 Å². The zero-order chi connectivity index (χ0) is 14.8. The monoisotopic (exact) mass is 298 g/mol. The Morgan fingerprint density at radius 3 is 2.55 bits per heavy atom.